The van der Waals surface area contributed by atoms with Crippen LogP contribution >= 0.6 is 0 Å². The van der Waals surface area contributed by atoms with Crippen LogP contribution in [0.15, 0.2) is 143 Å². The summed E-state index contributed by atoms with van der Waals surface area (Å²) in [7, 11) is -9.26. The smallest absolute Gasteiger partial charge is 0.744 e. The van der Waals surface area contributed by atoms with Crippen molar-refractivity contribution in [2.24, 2.45) is 0 Å². The molecule has 2 atom stereocenters. The maximum absolute atomic E-state index is 11.9. The molecule has 0 unspecified atom stereocenters. The molecule has 0 spiro atoms. The Morgan fingerprint density at radius 1 is 0.468 bits per heavy atom. The van der Waals surface area contributed by atoms with Gasteiger partial charge in [-0.2, -0.15) is 0 Å². The van der Waals surface area contributed by atoms with Gasteiger partial charge in [-0.1, -0.05) is 120 Å². The third-order valence-corrected chi connectivity index (χ3v) is 12.5. The summed E-state index contributed by atoms with van der Waals surface area (Å²) in [5, 5.41) is 0. The van der Waals surface area contributed by atoms with Crippen molar-refractivity contribution in [2.45, 2.75) is 63.4 Å². The van der Waals surface area contributed by atoms with E-state index in [0.717, 1.165) is 44.8 Å². The van der Waals surface area contributed by atoms with Gasteiger partial charge in [-0.15, -0.1) is 0 Å². The van der Waals surface area contributed by atoms with Crippen LogP contribution in [0.2, 0.25) is 0 Å². The second-order valence-electron chi connectivity index (χ2n) is 15.4. The molecule has 2 heterocycles. The Hall–Kier alpha value is -4.18. The summed E-state index contributed by atoms with van der Waals surface area (Å²) < 4.78 is 71.6. The number of rotatable bonds is 8. The zero-order valence-electron chi connectivity index (χ0n) is 34.9. The molecule has 2 fully saturated rings. The molecule has 2 aliphatic heterocycles. The standard InChI is InChI=1S/2C24H24N2O3S.2Ag/c2*1-17-13-18(2)24(19(3)14-17)25-15-22(20-9-5-4-6-10-20)26(16-25)21-11-7-8-12-23(21)30(27,28)29;;/h2*4-14,22H,15H2,1-3H3,(H,27,28,29);;/q;;2*+1/p-2/t2*22-;;/m11../s1. The van der Waals surface area contributed by atoms with E-state index >= 15 is 0 Å². The molecule has 8 rings (SSSR count). The second-order valence-corrected chi connectivity index (χ2v) is 18.0. The molecule has 2 aliphatic rings. The third kappa shape index (κ3) is 10.6. The van der Waals surface area contributed by atoms with Crippen LogP contribution in [0.1, 0.15) is 56.6 Å². The van der Waals surface area contributed by atoms with Crippen LogP contribution < -0.4 is 19.6 Å². The predicted octanol–water partition coefficient (Wildman–Crippen LogP) is 9.16. The van der Waals surface area contributed by atoms with E-state index < -0.39 is 20.2 Å². The van der Waals surface area contributed by atoms with Gasteiger partial charge in [0.25, 0.3) is 0 Å². The molecule has 0 bridgehead atoms. The number of nitrogens with zero attached hydrogens (tertiary/aromatic N) is 4. The Morgan fingerprint density at radius 3 is 1.06 bits per heavy atom. The molecule has 0 saturated carbocycles. The molecular formula is C48H46Ag2N4O6S2. The van der Waals surface area contributed by atoms with Gasteiger partial charge in [0, 0.05) is 24.5 Å². The summed E-state index contributed by atoms with van der Waals surface area (Å²) >= 11 is 0. The zero-order valence-corrected chi connectivity index (χ0v) is 39.5. The summed E-state index contributed by atoms with van der Waals surface area (Å²) in [5.41, 5.74) is 11.7. The van der Waals surface area contributed by atoms with Crippen LogP contribution in [0, 0.1) is 54.9 Å². The van der Waals surface area contributed by atoms with Crippen molar-refractivity contribution in [1.82, 2.24) is 0 Å². The first kappa shape index (κ1) is 48.8. The molecule has 0 amide bonds. The summed E-state index contributed by atoms with van der Waals surface area (Å²) in [5.74, 6) is 0. The fourth-order valence-corrected chi connectivity index (χ4v) is 9.84. The molecule has 14 heteroatoms. The van der Waals surface area contributed by atoms with Crippen molar-refractivity contribution in [3.05, 3.63) is 191 Å². The predicted molar refractivity (Wildman–Crippen MR) is 235 cm³/mol. The number of hydrogen-bond donors (Lipinski definition) is 0. The number of benzene rings is 6. The van der Waals surface area contributed by atoms with E-state index in [4.69, 9.17) is 0 Å². The van der Waals surface area contributed by atoms with E-state index in [-0.39, 0.29) is 66.6 Å². The Bertz CT molecular complexity index is 2510. The molecule has 6 aromatic rings. The van der Waals surface area contributed by atoms with Crippen molar-refractivity contribution in [3.8, 4) is 0 Å². The quantitative estimate of drug-likeness (QED) is 0.108. The molecule has 4 radical (unpaired) electrons. The van der Waals surface area contributed by atoms with Gasteiger partial charge >= 0.3 is 44.8 Å². The Labute approximate surface area is 398 Å². The number of aryl methyl sites for hydroxylation is 6. The number of para-hydroxylation sites is 2. The topological polar surface area (TPSA) is 127 Å². The molecule has 10 nitrogen and oxygen atoms in total. The van der Waals surface area contributed by atoms with Crippen molar-refractivity contribution in [3.63, 3.8) is 0 Å². The van der Waals surface area contributed by atoms with Gasteiger partial charge in [-0.3, -0.25) is 0 Å². The number of hydrogen-bond acceptors (Lipinski definition) is 10. The summed E-state index contributed by atoms with van der Waals surface area (Å²) in [6.45, 7) is 20.2. The van der Waals surface area contributed by atoms with Crippen molar-refractivity contribution >= 4 is 43.0 Å². The molecule has 0 aromatic heterocycles. The molecule has 0 aliphatic carbocycles. The molecular weight excluding hydrogens is 1010 g/mol. The minimum Gasteiger partial charge on any atom is -0.744 e. The zero-order chi connectivity index (χ0) is 42.9. The van der Waals surface area contributed by atoms with Crippen molar-refractivity contribution in [2.75, 3.05) is 32.7 Å². The van der Waals surface area contributed by atoms with Crippen molar-refractivity contribution < 1.29 is 70.7 Å². The van der Waals surface area contributed by atoms with Crippen LogP contribution in [-0.4, -0.2) is 39.0 Å². The van der Waals surface area contributed by atoms with Gasteiger partial charge in [-0.25, -0.2) is 16.8 Å². The van der Waals surface area contributed by atoms with Gasteiger partial charge in [0.15, 0.2) is 0 Å². The van der Waals surface area contributed by atoms with Crippen molar-refractivity contribution in [1.29, 1.82) is 0 Å². The second kappa shape index (κ2) is 20.1. The van der Waals surface area contributed by atoms with Crippen LogP contribution in [0.3, 0.4) is 0 Å². The maximum Gasteiger partial charge on any atom is 1.00 e. The molecule has 62 heavy (non-hydrogen) atoms. The van der Waals surface area contributed by atoms with Crippen LogP contribution in [0.25, 0.3) is 0 Å². The van der Waals surface area contributed by atoms with Crippen LogP contribution in [0.4, 0.5) is 22.7 Å². The Balaban J connectivity index is 0.000000227. The monoisotopic (exact) mass is 1050 g/mol. The van der Waals surface area contributed by atoms with E-state index in [1.54, 1.807) is 46.2 Å². The Morgan fingerprint density at radius 2 is 0.758 bits per heavy atom. The first-order valence-electron chi connectivity index (χ1n) is 19.5. The fourth-order valence-electron chi connectivity index (χ4n) is 8.51. The summed E-state index contributed by atoms with van der Waals surface area (Å²) in [4.78, 5) is 7.12. The van der Waals surface area contributed by atoms with E-state index in [1.165, 1.54) is 23.3 Å². The van der Waals surface area contributed by atoms with E-state index in [1.807, 2.05) is 70.5 Å². The Kier molecular flexibility index (Phi) is 15.8. The number of anilines is 4. The minimum absolute atomic E-state index is 0. The van der Waals surface area contributed by atoms with E-state index in [0.29, 0.717) is 24.5 Å². The van der Waals surface area contributed by atoms with Gasteiger partial charge in [0.05, 0.1) is 33.2 Å². The molecule has 0 N–H and O–H groups in total. The molecule has 2 saturated heterocycles. The van der Waals surface area contributed by atoms with Gasteiger partial charge in [-0.05, 0) is 99.2 Å². The van der Waals surface area contributed by atoms with Gasteiger partial charge in [0.2, 0.25) is 13.3 Å². The first-order valence-corrected chi connectivity index (χ1v) is 22.3. The van der Waals surface area contributed by atoms with Crippen LogP contribution in [0.5, 0.6) is 0 Å². The molecule has 6 aromatic carbocycles. The SMILES string of the molecule is Cc1cc(C)c(N2[C]N(c3ccccc3S(=O)(=O)[O-])[C@@H](c3ccccc3)C2)c(C)c1.Cc1cc(C)c(N2[C]N(c3ccccc3S(=O)(=O)[O-])[C@@H](c3ccccc3)C2)c(C)c1.[Ag+].[Ag+]. The van der Waals surface area contributed by atoms with Gasteiger partial charge in [0.1, 0.15) is 20.2 Å². The first-order chi connectivity index (χ1) is 28.5. The molecule has 328 valence electrons. The van der Waals surface area contributed by atoms with E-state index in [2.05, 4.69) is 79.1 Å². The minimum atomic E-state index is -4.63. The third-order valence-electron chi connectivity index (χ3n) is 10.8. The van der Waals surface area contributed by atoms with Crippen LogP contribution in [-0.2, 0) is 65.0 Å². The summed E-state index contributed by atoms with van der Waals surface area (Å²) in [6.07, 6.45) is 0. The average Bonchev–Trinajstić information content (AvgIpc) is 3.83. The normalized spacial score (nSPS) is 16.3. The maximum atomic E-state index is 11.9. The summed E-state index contributed by atoms with van der Waals surface area (Å²) in [6, 6.07) is 40.5. The van der Waals surface area contributed by atoms with Gasteiger partial charge < -0.3 is 28.7 Å². The van der Waals surface area contributed by atoms with E-state index in [9.17, 15) is 25.9 Å². The average molecular weight is 1050 g/mol. The largest absolute Gasteiger partial charge is 1.00 e. The fraction of sp³-hybridized carbons (Fsp3) is 0.208.